The maximum Gasteiger partial charge on any atom is 0.119 e. The first-order chi connectivity index (χ1) is 9.71. The molecule has 3 rings (SSSR count). The van der Waals surface area contributed by atoms with Crippen molar-refractivity contribution in [1.82, 2.24) is 5.32 Å². The number of methoxy groups -OCH3 is 1. The van der Waals surface area contributed by atoms with Crippen LogP contribution in [-0.2, 0) is 4.74 Å². The van der Waals surface area contributed by atoms with E-state index in [4.69, 9.17) is 9.47 Å². The average molecular weight is 275 g/mol. The number of benzene rings is 1. The van der Waals surface area contributed by atoms with Crippen LogP contribution in [0.15, 0.2) is 24.3 Å². The summed E-state index contributed by atoms with van der Waals surface area (Å²) in [6.07, 6.45) is 6.12. The second kappa shape index (κ2) is 5.74. The standard InChI is InChI=1S/C17H25NO2/c1-13(14-5-3-6-16(11-14)19-2)18-15-7-10-20-17(12-15)8-4-9-17/h3,5-6,11,13,15,18H,4,7-10,12H2,1-2H3/t13-,15?/m0/s1. The molecule has 0 amide bonds. The van der Waals surface area contributed by atoms with Crippen LogP contribution in [0.2, 0.25) is 0 Å². The predicted octanol–water partition coefficient (Wildman–Crippen LogP) is 3.45. The molecule has 1 saturated carbocycles. The predicted molar refractivity (Wildman–Crippen MR) is 80.1 cm³/mol. The van der Waals surface area contributed by atoms with E-state index >= 15 is 0 Å². The smallest absolute Gasteiger partial charge is 0.119 e. The number of nitrogens with one attached hydrogen (secondary N) is 1. The Kier molecular flexibility index (Phi) is 3.99. The first kappa shape index (κ1) is 13.9. The SMILES string of the molecule is COc1cccc([C@H](C)NC2CCOC3(CCC3)C2)c1. The lowest BCUT2D eigenvalue weighted by Crippen LogP contribution is -2.51. The van der Waals surface area contributed by atoms with Gasteiger partial charge in [-0.2, -0.15) is 0 Å². The van der Waals surface area contributed by atoms with Crippen LogP contribution in [0.3, 0.4) is 0 Å². The van der Waals surface area contributed by atoms with Gasteiger partial charge in [-0.25, -0.2) is 0 Å². The highest BCUT2D eigenvalue weighted by atomic mass is 16.5. The van der Waals surface area contributed by atoms with Crippen LogP contribution >= 0.6 is 0 Å². The minimum Gasteiger partial charge on any atom is -0.497 e. The monoisotopic (exact) mass is 275 g/mol. The third kappa shape index (κ3) is 2.84. The van der Waals surface area contributed by atoms with Gasteiger partial charge in [0.25, 0.3) is 0 Å². The van der Waals surface area contributed by atoms with Gasteiger partial charge in [0.15, 0.2) is 0 Å². The van der Waals surface area contributed by atoms with Crippen molar-refractivity contribution in [3.63, 3.8) is 0 Å². The van der Waals surface area contributed by atoms with Crippen LogP contribution in [0, 0.1) is 0 Å². The van der Waals surface area contributed by atoms with E-state index in [2.05, 4.69) is 30.4 Å². The molecule has 0 bridgehead atoms. The Morgan fingerprint density at radius 2 is 2.25 bits per heavy atom. The molecule has 1 unspecified atom stereocenters. The zero-order chi connectivity index (χ0) is 14.0. The Hall–Kier alpha value is -1.06. The zero-order valence-electron chi connectivity index (χ0n) is 12.5. The first-order valence-electron chi connectivity index (χ1n) is 7.75. The van der Waals surface area contributed by atoms with Gasteiger partial charge in [0, 0.05) is 18.7 Å². The van der Waals surface area contributed by atoms with Gasteiger partial charge in [0.2, 0.25) is 0 Å². The molecule has 1 aliphatic carbocycles. The Morgan fingerprint density at radius 3 is 2.95 bits per heavy atom. The van der Waals surface area contributed by atoms with Gasteiger partial charge in [-0.15, -0.1) is 0 Å². The van der Waals surface area contributed by atoms with Crippen molar-refractivity contribution >= 4 is 0 Å². The maximum atomic E-state index is 6.00. The fourth-order valence-corrected chi connectivity index (χ4v) is 3.45. The van der Waals surface area contributed by atoms with Gasteiger partial charge < -0.3 is 14.8 Å². The third-order valence-electron chi connectivity index (χ3n) is 4.84. The second-order valence-electron chi connectivity index (χ2n) is 6.24. The van der Waals surface area contributed by atoms with Crippen molar-refractivity contribution in [2.45, 2.75) is 56.7 Å². The molecular weight excluding hydrogens is 250 g/mol. The maximum absolute atomic E-state index is 6.00. The topological polar surface area (TPSA) is 30.5 Å². The lowest BCUT2D eigenvalue weighted by molar-refractivity contribution is -0.136. The molecule has 1 aliphatic heterocycles. The quantitative estimate of drug-likeness (QED) is 0.913. The van der Waals surface area contributed by atoms with E-state index in [1.807, 2.05) is 6.07 Å². The van der Waals surface area contributed by atoms with Gasteiger partial charge in [-0.05, 0) is 56.7 Å². The molecule has 1 aromatic carbocycles. The summed E-state index contributed by atoms with van der Waals surface area (Å²) in [6, 6.07) is 9.27. The van der Waals surface area contributed by atoms with Gasteiger partial charge in [0.1, 0.15) is 5.75 Å². The van der Waals surface area contributed by atoms with Crippen molar-refractivity contribution < 1.29 is 9.47 Å². The van der Waals surface area contributed by atoms with E-state index in [0.29, 0.717) is 12.1 Å². The van der Waals surface area contributed by atoms with Crippen LogP contribution < -0.4 is 10.1 Å². The third-order valence-corrected chi connectivity index (χ3v) is 4.84. The lowest BCUT2D eigenvalue weighted by atomic mass is 9.74. The molecule has 2 fully saturated rings. The molecule has 110 valence electrons. The minimum atomic E-state index is 0.212. The molecule has 3 nitrogen and oxygen atoms in total. The Bertz CT molecular complexity index is 456. The van der Waals surface area contributed by atoms with Crippen LogP contribution in [0.4, 0.5) is 0 Å². The van der Waals surface area contributed by atoms with Crippen LogP contribution in [-0.4, -0.2) is 25.4 Å². The van der Waals surface area contributed by atoms with E-state index in [9.17, 15) is 0 Å². The van der Waals surface area contributed by atoms with E-state index in [-0.39, 0.29) is 5.60 Å². The molecule has 1 aromatic rings. The van der Waals surface area contributed by atoms with Crippen molar-refractivity contribution in [1.29, 1.82) is 0 Å². The van der Waals surface area contributed by atoms with Gasteiger partial charge >= 0.3 is 0 Å². The first-order valence-corrected chi connectivity index (χ1v) is 7.75. The van der Waals surface area contributed by atoms with Gasteiger partial charge in [-0.3, -0.25) is 0 Å². The van der Waals surface area contributed by atoms with Gasteiger partial charge in [-0.1, -0.05) is 12.1 Å². The Balaban J connectivity index is 1.61. The van der Waals surface area contributed by atoms with Crippen LogP contribution in [0.5, 0.6) is 5.75 Å². The summed E-state index contributed by atoms with van der Waals surface area (Å²) in [5.74, 6) is 0.929. The molecule has 1 N–H and O–H groups in total. The molecule has 0 radical (unpaired) electrons. The fraction of sp³-hybridized carbons (Fsp3) is 0.647. The highest BCUT2D eigenvalue weighted by Crippen LogP contribution is 2.42. The van der Waals surface area contributed by atoms with E-state index < -0.39 is 0 Å². The number of hydrogen-bond acceptors (Lipinski definition) is 3. The van der Waals surface area contributed by atoms with Crippen molar-refractivity contribution in [3.8, 4) is 5.75 Å². The van der Waals surface area contributed by atoms with Gasteiger partial charge in [0.05, 0.1) is 12.7 Å². The zero-order valence-corrected chi connectivity index (χ0v) is 12.5. The van der Waals surface area contributed by atoms with Crippen LogP contribution in [0.1, 0.15) is 50.6 Å². The summed E-state index contributed by atoms with van der Waals surface area (Å²) in [5, 5.41) is 3.77. The largest absolute Gasteiger partial charge is 0.497 e. The van der Waals surface area contributed by atoms with E-state index in [0.717, 1.165) is 18.8 Å². The number of hydrogen-bond donors (Lipinski definition) is 1. The number of rotatable bonds is 4. The molecular formula is C17H25NO2. The lowest BCUT2D eigenvalue weighted by Gasteiger charge is -2.47. The molecule has 3 heteroatoms. The molecule has 1 spiro atoms. The molecule has 20 heavy (non-hydrogen) atoms. The highest BCUT2D eigenvalue weighted by Gasteiger charge is 2.42. The normalized spacial score (nSPS) is 26.0. The summed E-state index contributed by atoms with van der Waals surface area (Å²) in [7, 11) is 1.72. The van der Waals surface area contributed by atoms with Crippen molar-refractivity contribution in [2.24, 2.45) is 0 Å². The molecule has 2 aliphatic rings. The van der Waals surface area contributed by atoms with E-state index in [1.165, 1.54) is 31.2 Å². The highest BCUT2D eigenvalue weighted by molar-refractivity contribution is 5.30. The van der Waals surface area contributed by atoms with Crippen molar-refractivity contribution in [3.05, 3.63) is 29.8 Å². The molecule has 2 atom stereocenters. The summed E-state index contributed by atoms with van der Waals surface area (Å²) in [6.45, 7) is 3.14. The minimum absolute atomic E-state index is 0.212. The molecule has 0 aromatic heterocycles. The van der Waals surface area contributed by atoms with Crippen LogP contribution in [0.25, 0.3) is 0 Å². The fourth-order valence-electron chi connectivity index (χ4n) is 3.45. The molecule has 1 saturated heterocycles. The van der Waals surface area contributed by atoms with Crippen molar-refractivity contribution in [2.75, 3.05) is 13.7 Å². The summed E-state index contributed by atoms with van der Waals surface area (Å²) < 4.78 is 11.3. The summed E-state index contributed by atoms with van der Waals surface area (Å²) in [4.78, 5) is 0. The number of ether oxygens (including phenoxy) is 2. The summed E-state index contributed by atoms with van der Waals surface area (Å²) in [5.41, 5.74) is 1.50. The Morgan fingerprint density at radius 1 is 1.40 bits per heavy atom. The average Bonchev–Trinajstić information content (AvgIpc) is 2.46. The molecule has 1 heterocycles. The second-order valence-corrected chi connectivity index (χ2v) is 6.24. The Labute approximate surface area is 121 Å². The summed E-state index contributed by atoms with van der Waals surface area (Å²) >= 11 is 0. The van der Waals surface area contributed by atoms with E-state index in [1.54, 1.807) is 7.11 Å².